The molecule has 1 aromatic carbocycles. The monoisotopic (exact) mass is 338 g/mol. The van der Waals surface area contributed by atoms with Crippen molar-refractivity contribution in [2.45, 2.75) is 31.8 Å². The van der Waals surface area contributed by atoms with Crippen molar-refractivity contribution in [2.24, 2.45) is 5.92 Å². The van der Waals surface area contributed by atoms with E-state index >= 15 is 0 Å². The highest BCUT2D eigenvalue weighted by Gasteiger charge is 2.32. The zero-order valence-electron chi connectivity index (χ0n) is 14.1. The molecule has 25 heavy (non-hydrogen) atoms. The number of aromatic nitrogens is 2. The maximum atomic E-state index is 12.4. The van der Waals surface area contributed by atoms with Crippen molar-refractivity contribution >= 4 is 11.6 Å². The highest BCUT2D eigenvalue weighted by Crippen LogP contribution is 2.24. The lowest BCUT2D eigenvalue weighted by atomic mass is 10.1. The Balaban J connectivity index is 1.42. The fourth-order valence-corrected chi connectivity index (χ4v) is 3.23. The average Bonchev–Trinajstić information content (AvgIpc) is 3.29. The van der Waals surface area contributed by atoms with E-state index in [0.29, 0.717) is 19.1 Å². The van der Waals surface area contributed by atoms with Crippen LogP contribution in [0.25, 0.3) is 0 Å². The fourth-order valence-electron chi connectivity index (χ4n) is 3.23. The van der Waals surface area contributed by atoms with E-state index in [4.69, 9.17) is 0 Å². The third-order valence-corrected chi connectivity index (χ3v) is 4.88. The first-order valence-corrected chi connectivity index (χ1v) is 8.85. The molecule has 1 aliphatic carbocycles. The molecule has 0 spiro atoms. The van der Waals surface area contributed by atoms with Crippen LogP contribution in [0.15, 0.2) is 47.4 Å². The second-order valence-electron chi connectivity index (χ2n) is 6.91. The zero-order chi connectivity index (χ0) is 17.2. The SMILES string of the molecule is O=C(NC1CC1)C1CCN(c2cnn(Cc3ccccc3)c(=O)c2)C1. The van der Waals surface area contributed by atoms with Gasteiger partial charge in [-0.25, -0.2) is 4.68 Å². The van der Waals surface area contributed by atoms with Crippen molar-refractivity contribution in [2.75, 3.05) is 18.0 Å². The van der Waals surface area contributed by atoms with Crippen molar-refractivity contribution in [3.8, 4) is 0 Å². The molecule has 1 amide bonds. The molecule has 2 fully saturated rings. The Bertz CT molecular complexity index is 814. The number of nitrogens with one attached hydrogen (secondary N) is 1. The first-order valence-electron chi connectivity index (χ1n) is 8.85. The Morgan fingerprint density at radius 1 is 1.20 bits per heavy atom. The zero-order valence-corrected chi connectivity index (χ0v) is 14.1. The largest absolute Gasteiger partial charge is 0.369 e. The van der Waals surface area contributed by atoms with Crippen LogP contribution in [0.5, 0.6) is 0 Å². The van der Waals surface area contributed by atoms with Crippen LogP contribution in [0, 0.1) is 5.92 Å². The molecule has 2 aliphatic rings. The number of nitrogens with zero attached hydrogens (tertiary/aromatic N) is 3. The summed E-state index contributed by atoms with van der Waals surface area (Å²) in [5.41, 5.74) is 1.73. The van der Waals surface area contributed by atoms with Gasteiger partial charge < -0.3 is 10.2 Å². The number of rotatable bonds is 5. The third kappa shape index (κ3) is 3.73. The maximum absolute atomic E-state index is 12.4. The molecule has 2 aromatic rings. The van der Waals surface area contributed by atoms with Crippen LogP contribution in [-0.2, 0) is 11.3 Å². The molecule has 1 aromatic heterocycles. The number of carbonyl (C=O) groups excluding carboxylic acids is 1. The smallest absolute Gasteiger partial charge is 0.269 e. The lowest BCUT2D eigenvalue weighted by Gasteiger charge is -2.18. The van der Waals surface area contributed by atoms with Gasteiger partial charge in [0.15, 0.2) is 0 Å². The molecule has 1 saturated carbocycles. The number of carbonyl (C=O) groups is 1. The van der Waals surface area contributed by atoms with Gasteiger partial charge in [-0.15, -0.1) is 0 Å². The van der Waals surface area contributed by atoms with E-state index in [1.54, 1.807) is 12.3 Å². The highest BCUT2D eigenvalue weighted by molar-refractivity contribution is 5.80. The quantitative estimate of drug-likeness (QED) is 0.895. The second kappa shape index (κ2) is 6.70. The molecule has 6 nitrogen and oxygen atoms in total. The van der Waals surface area contributed by atoms with E-state index in [9.17, 15) is 9.59 Å². The number of benzene rings is 1. The lowest BCUT2D eigenvalue weighted by molar-refractivity contribution is -0.124. The van der Waals surface area contributed by atoms with E-state index in [-0.39, 0.29) is 17.4 Å². The Kier molecular flexibility index (Phi) is 4.26. The third-order valence-electron chi connectivity index (χ3n) is 4.88. The van der Waals surface area contributed by atoms with E-state index in [2.05, 4.69) is 15.3 Å². The van der Waals surface area contributed by atoms with E-state index in [0.717, 1.165) is 37.1 Å². The standard InChI is InChI=1S/C19H22N4O2/c24-18-10-17(11-20-23(18)12-14-4-2-1-3-5-14)22-9-8-15(13-22)19(25)21-16-6-7-16/h1-5,10-11,15-16H,6-9,12-13H2,(H,21,25). The van der Waals surface area contributed by atoms with Gasteiger partial charge in [0, 0.05) is 25.2 Å². The minimum absolute atomic E-state index is 0.00681. The minimum atomic E-state index is -0.118. The Morgan fingerprint density at radius 3 is 2.72 bits per heavy atom. The van der Waals surface area contributed by atoms with Gasteiger partial charge in [0.05, 0.1) is 24.3 Å². The van der Waals surface area contributed by atoms with E-state index in [1.807, 2.05) is 30.3 Å². The predicted molar refractivity (Wildman–Crippen MR) is 95.5 cm³/mol. The summed E-state index contributed by atoms with van der Waals surface area (Å²) in [4.78, 5) is 26.6. The molecule has 0 radical (unpaired) electrons. The Hall–Kier alpha value is -2.63. The predicted octanol–water partition coefficient (Wildman–Crippen LogP) is 1.40. The summed E-state index contributed by atoms with van der Waals surface area (Å²) >= 11 is 0. The van der Waals surface area contributed by atoms with Gasteiger partial charge in [0.2, 0.25) is 5.91 Å². The molecule has 1 saturated heterocycles. The molecule has 1 aliphatic heterocycles. The molecule has 6 heteroatoms. The normalized spacial score (nSPS) is 19.8. The lowest BCUT2D eigenvalue weighted by Crippen LogP contribution is -2.34. The molecule has 1 unspecified atom stereocenters. The molecular weight excluding hydrogens is 316 g/mol. The van der Waals surface area contributed by atoms with Crippen molar-refractivity contribution in [1.82, 2.24) is 15.1 Å². The van der Waals surface area contributed by atoms with Crippen molar-refractivity contribution < 1.29 is 4.79 Å². The van der Waals surface area contributed by atoms with Crippen LogP contribution in [-0.4, -0.2) is 34.8 Å². The van der Waals surface area contributed by atoms with E-state index in [1.165, 1.54) is 4.68 Å². The van der Waals surface area contributed by atoms with Crippen molar-refractivity contribution in [1.29, 1.82) is 0 Å². The summed E-state index contributed by atoms with van der Waals surface area (Å²) in [6.45, 7) is 1.90. The van der Waals surface area contributed by atoms with Crippen LogP contribution >= 0.6 is 0 Å². The van der Waals surface area contributed by atoms with Crippen LogP contribution in [0.4, 0.5) is 5.69 Å². The van der Waals surface area contributed by atoms with Crippen LogP contribution in [0.1, 0.15) is 24.8 Å². The van der Waals surface area contributed by atoms with Gasteiger partial charge in [-0.05, 0) is 24.8 Å². The maximum Gasteiger partial charge on any atom is 0.269 e. The van der Waals surface area contributed by atoms with Gasteiger partial charge in [-0.2, -0.15) is 5.10 Å². The van der Waals surface area contributed by atoms with Crippen LogP contribution < -0.4 is 15.8 Å². The summed E-state index contributed by atoms with van der Waals surface area (Å²) in [6, 6.07) is 11.8. The van der Waals surface area contributed by atoms with Crippen LogP contribution in [0.3, 0.4) is 0 Å². The molecule has 0 bridgehead atoms. The minimum Gasteiger partial charge on any atom is -0.369 e. The first kappa shape index (κ1) is 15.9. The second-order valence-corrected chi connectivity index (χ2v) is 6.91. The van der Waals surface area contributed by atoms with Gasteiger partial charge in [-0.3, -0.25) is 9.59 Å². The van der Waals surface area contributed by atoms with Gasteiger partial charge >= 0.3 is 0 Å². The Labute approximate surface area is 146 Å². The van der Waals surface area contributed by atoms with Crippen molar-refractivity contribution in [3.63, 3.8) is 0 Å². The Morgan fingerprint density at radius 2 is 2.00 bits per heavy atom. The number of hydrogen-bond donors (Lipinski definition) is 1. The fraction of sp³-hybridized carbons (Fsp3) is 0.421. The van der Waals surface area contributed by atoms with Gasteiger partial charge in [0.1, 0.15) is 0 Å². The van der Waals surface area contributed by atoms with Crippen LogP contribution in [0.2, 0.25) is 0 Å². The summed E-state index contributed by atoms with van der Waals surface area (Å²) in [5, 5.41) is 7.38. The van der Waals surface area contributed by atoms with E-state index < -0.39 is 0 Å². The molecular formula is C19H22N4O2. The molecule has 4 rings (SSSR count). The van der Waals surface area contributed by atoms with Crippen molar-refractivity contribution in [3.05, 3.63) is 58.5 Å². The number of hydrogen-bond acceptors (Lipinski definition) is 4. The molecule has 130 valence electrons. The summed E-state index contributed by atoms with van der Waals surface area (Å²) in [6.07, 6.45) is 4.76. The molecule has 2 heterocycles. The molecule has 1 N–H and O–H groups in total. The highest BCUT2D eigenvalue weighted by atomic mass is 16.2. The summed E-state index contributed by atoms with van der Waals surface area (Å²) in [5.74, 6) is 0.155. The summed E-state index contributed by atoms with van der Waals surface area (Å²) in [7, 11) is 0. The summed E-state index contributed by atoms with van der Waals surface area (Å²) < 4.78 is 1.46. The first-order chi connectivity index (χ1) is 12.2. The number of amides is 1. The number of anilines is 1. The van der Waals surface area contributed by atoms with Gasteiger partial charge in [0.25, 0.3) is 5.56 Å². The van der Waals surface area contributed by atoms with Gasteiger partial charge in [-0.1, -0.05) is 30.3 Å². The average molecular weight is 338 g/mol. The topological polar surface area (TPSA) is 67.2 Å². The molecule has 1 atom stereocenters.